The van der Waals surface area contributed by atoms with E-state index in [1.165, 1.54) is 31.3 Å². The molecule has 0 aromatic heterocycles. The van der Waals surface area contributed by atoms with Crippen LogP contribution < -0.4 is 5.32 Å². The van der Waals surface area contributed by atoms with Crippen molar-refractivity contribution in [2.75, 3.05) is 20.6 Å². The molecule has 4 aliphatic carbocycles. The molecule has 0 aromatic rings. The zero-order chi connectivity index (χ0) is 29.7. The molecule has 4 fully saturated rings. The molecule has 1 heterocycles. The van der Waals surface area contributed by atoms with Crippen LogP contribution in [0.2, 0.25) is 0 Å². The van der Waals surface area contributed by atoms with Gasteiger partial charge in [-0.2, -0.15) is 0 Å². The number of nitrogens with zero attached hydrogens (tertiary/aromatic N) is 3. The van der Waals surface area contributed by atoms with E-state index < -0.39 is 6.09 Å². The van der Waals surface area contributed by atoms with Crippen molar-refractivity contribution in [1.29, 1.82) is 0 Å². The number of amides is 2. The lowest BCUT2D eigenvalue weighted by Gasteiger charge is -2.58. The van der Waals surface area contributed by atoms with E-state index in [1.54, 1.807) is 23.9 Å². The standard InChI is InChI=1S/C33H52N4O4/c1-20(2)37(19-23-9-13-29(34-23)30(39)36(6)7)31(40)41-35-21(3)26-11-12-27-25-10-8-22-18-24(38)14-16-32(22,4)28(25)15-17-33(26,27)5/h18,20,23,25-29,34H,8-17,19H2,1-7H3/b35-21+/t23?,25-,26+,27-,28-,29?,32-,33+/m0/s1. The molecule has 0 radical (unpaired) electrons. The predicted molar refractivity (Wildman–Crippen MR) is 160 cm³/mol. The van der Waals surface area contributed by atoms with Crippen molar-refractivity contribution in [1.82, 2.24) is 15.1 Å². The van der Waals surface area contributed by atoms with Gasteiger partial charge in [0.2, 0.25) is 5.91 Å². The Balaban J connectivity index is 1.22. The Kier molecular flexibility index (Phi) is 8.45. The van der Waals surface area contributed by atoms with Crippen LogP contribution in [0, 0.1) is 34.5 Å². The molecule has 8 nitrogen and oxygen atoms in total. The zero-order valence-corrected chi connectivity index (χ0v) is 26.4. The molecule has 0 bridgehead atoms. The van der Waals surface area contributed by atoms with Gasteiger partial charge < -0.3 is 15.1 Å². The summed E-state index contributed by atoms with van der Waals surface area (Å²) in [4.78, 5) is 46.7. The van der Waals surface area contributed by atoms with E-state index in [9.17, 15) is 14.4 Å². The minimum absolute atomic E-state index is 0.0336. The van der Waals surface area contributed by atoms with Crippen LogP contribution in [0.1, 0.15) is 98.8 Å². The quantitative estimate of drug-likeness (QED) is 0.257. The summed E-state index contributed by atoms with van der Waals surface area (Å²) in [5.74, 6) is 2.74. The highest BCUT2D eigenvalue weighted by atomic mass is 16.7. The number of carbonyl (C=O) groups excluding carboxylic acids is 3. The number of hydrogen-bond donors (Lipinski definition) is 1. The number of oxime groups is 1. The third-order valence-electron chi connectivity index (χ3n) is 12.0. The molecular formula is C33H52N4O4. The molecule has 2 unspecified atom stereocenters. The third kappa shape index (κ3) is 5.50. The summed E-state index contributed by atoms with van der Waals surface area (Å²) in [6, 6.07) is -0.168. The third-order valence-corrected chi connectivity index (χ3v) is 12.0. The number of hydrogen-bond acceptors (Lipinski definition) is 6. The van der Waals surface area contributed by atoms with Crippen LogP contribution in [0.4, 0.5) is 4.79 Å². The van der Waals surface area contributed by atoms with Crippen LogP contribution >= 0.6 is 0 Å². The minimum atomic E-state index is -0.418. The van der Waals surface area contributed by atoms with Crippen molar-refractivity contribution in [3.8, 4) is 0 Å². The molecule has 5 rings (SSSR count). The Hall–Kier alpha value is -2.22. The van der Waals surface area contributed by atoms with Crippen LogP contribution in [0.15, 0.2) is 16.8 Å². The van der Waals surface area contributed by atoms with E-state index in [-0.39, 0.29) is 34.9 Å². The predicted octanol–water partition coefficient (Wildman–Crippen LogP) is 5.57. The van der Waals surface area contributed by atoms with Gasteiger partial charge in [0.25, 0.3) is 0 Å². The highest BCUT2D eigenvalue weighted by molar-refractivity contribution is 5.91. The SMILES string of the molecule is C/C(=N\OC(=O)N(CC1CCC(C(=O)N(C)C)N1)C(C)C)[C@H]1CC[C@H]2[C@@H]3CCC4=CC(=O)CC[C@]4(C)[C@H]3CC[C@]12C. The highest BCUT2D eigenvalue weighted by Crippen LogP contribution is 2.66. The van der Waals surface area contributed by atoms with E-state index in [2.05, 4.69) is 24.3 Å². The van der Waals surface area contributed by atoms with Crippen molar-refractivity contribution >= 4 is 23.5 Å². The second-order valence-corrected chi connectivity index (χ2v) is 14.7. The molecule has 0 aromatic carbocycles. The first kappa shape index (κ1) is 30.2. The number of fused-ring (bicyclic) bond motifs is 5. The van der Waals surface area contributed by atoms with Crippen molar-refractivity contribution in [2.45, 2.75) is 117 Å². The molecular weight excluding hydrogens is 516 g/mol. The van der Waals surface area contributed by atoms with Gasteiger partial charge in [-0.3, -0.25) is 14.4 Å². The lowest BCUT2D eigenvalue weighted by atomic mass is 9.46. The molecule has 2 amide bonds. The first-order valence-corrected chi connectivity index (χ1v) is 16.1. The highest BCUT2D eigenvalue weighted by Gasteiger charge is 2.59. The summed E-state index contributed by atoms with van der Waals surface area (Å²) >= 11 is 0. The fourth-order valence-electron chi connectivity index (χ4n) is 9.68. The second kappa shape index (κ2) is 11.5. The topological polar surface area (TPSA) is 91.3 Å². The first-order chi connectivity index (χ1) is 19.3. The lowest BCUT2D eigenvalue weighted by molar-refractivity contribution is -0.130. The average Bonchev–Trinajstić information content (AvgIpc) is 3.54. The summed E-state index contributed by atoms with van der Waals surface area (Å²) in [6.07, 6.45) is 11.8. The normalized spacial score (nSPS) is 38.6. The van der Waals surface area contributed by atoms with Gasteiger partial charge in [0.15, 0.2) is 5.78 Å². The number of carbonyl (C=O) groups is 3. The number of ketones is 1. The number of rotatable bonds is 6. The summed E-state index contributed by atoms with van der Waals surface area (Å²) < 4.78 is 0. The maximum atomic E-state index is 13.2. The van der Waals surface area contributed by atoms with Gasteiger partial charge in [0.1, 0.15) is 0 Å². The molecule has 1 saturated heterocycles. The largest absolute Gasteiger partial charge is 0.436 e. The molecule has 41 heavy (non-hydrogen) atoms. The molecule has 1 aliphatic heterocycles. The molecule has 0 spiro atoms. The van der Waals surface area contributed by atoms with Crippen molar-refractivity contribution in [3.63, 3.8) is 0 Å². The number of likely N-dealkylation sites (N-methyl/N-ethyl adjacent to an activating group) is 1. The Morgan fingerprint density at radius 2 is 1.80 bits per heavy atom. The van der Waals surface area contributed by atoms with E-state index in [1.807, 2.05) is 26.8 Å². The van der Waals surface area contributed by atoms with E-state index in [0.29, 0.717) is 42.4 Å². The Morgan fingerprint density at radius 1 is 1.05 bits per heavy atom. The Morgan fingerprint density at radius 3 is 2.51 bits per heavy atom. The zero-order valence-electron chi connectivity index (χ0n) is 26.4. The Labute approximate surface area is 246 Å². The van der Waals surface area contributed by atoms with Gasteiger partial charge >= 0.3 is 6.09 Å². The molecule has 8 heteroatoms. The van der Waals surface area contributed by atoms with Gasteiger partial charge in [-0.25, -0.2) is 4.79 Å². The first-order valence-electron chi connectivity index (χ1n) is 16.1. The van der Waals surface area contributed by atoms with Crippen LogP contribution in [0.5, 0.6) is 0 Å². The smallest absolute Gasteiger partial charge is 0.347 e. The van der Waals surface area contributed by atoms with Crippen LogP contribution in [-0.2, 0) is 14.4 Å². The molecule has 8 atom stereocenters. The Bertz CT molecular complexity index is 1110. The fraction of sp³-hybridized carbons (Fsp3) is 0.818. The van der Waals surface area contributed by atoms with Gasteiger partial charge in [0.05, 0.1) is 11.8 Å². The monoisotopic (exact) mass is 568 g/mol. The summed E-state index contributed by atoms with van der Waals surface area (Å²) in [5.41, 5.74) is 2.71. The number of allylic oxidation sites excluding steroid dienone is 1. The molecule has 5 aliphatic rings. The van der Waals surface area contributed by atoms with Crippen molar-refractivity contribution < 1.29 is 19.2 Å². The van der Waals surface area contributed by atoms with Gasteiger partial charge in [-0.1, -0.05) is 24.6 Å². The summed E-state index contributed by atoms with van der Waals surface area (Å²) in [6.45, 7) is 11.4. The van der Waals surface area contributed by atoms with E-state index in [4.69, 9.17) is 4.84 Å². The average molecular weight is 569 g/mol. The van der Waals surface area contributed by atoms with Crippen LogP contribution in [0.3, 0.4) is 0 Å². The van der Waals surface area contributed by atoms with Crippen molar-refractivity contribution in [3.05, 3.63) is 11.6 Å². The molecule has 228 valence electrons. The van der Waals surface area contributed by atoms with Crippen LogP contribution in [0.25, 0.3) is 0 Å². The van der Waals surface area contributed by atoms with Crippen molar-refractivity contribution in [2.24, 2.45) is 39.7 Å². The number of nitrogens with one attached hydrogen (secondary N) is 1. The maximum Gasteiger partial charge on any atom is 0.436 e. The lowest BCUT2D eigenvalue weighted by Crippen LogP contribution is -2.51. The second-order valence-electron chi connectivity index (χ2n) is 14.7. The van der Waals surface area contributed by atoms with Gasteiger partial charge in [-0.15, -0.1) is 0 Å². The van der Waals surface area contributed by atoms with E-state index >= 15 is 0 Å². The van der Waals surface area contributed by atoms with Gasteiger partial charge in [0, 0.05) is 45.1 Å². The fourth-order valence-corrected chi connectivity index (χ4v) is 9.68. The van der Waals surface area contributed by atoms with E-state index in [0.717, 1.165) is 37.8 Å². The molecule has 3 saturated carbocycles. The molecule has 1 N–H and O–H groups in total. The summed E-state index contributed by atoms with van der Waals surface area (Å²) in [5, 5.41) is 7.88. The summed E-state index contributed by atoms with van der Waals surface area (Å²) in [7, 11) is 3.55. The minimum Gasteiger partial charge on any atom is -0.347 e. The maximum absolute atomic E-state index is 13.2. The van der Waals surface area contributed by atoms with Gasteiger partial charge in [-0.05, 0) is 113 Å². The van der Waals surface area contributed by atoms with Crippen LogP contribution in [-0.4, -0.2) is 72.1 Å².